The van der Waals surface area contributed by atoms with Crippen molar-refractivity contribution in [3.63, 3.8) is 0 Å². The molecule has 0 saturated heterocycles. The molecule has 33 heavy (non-hydrogen) atoms. The Balaban J connectivity index is 2.34. The Labute approximate surface area is 209 Å². The lowest BCUT2D eigenvalue weighted by Gasteiger charge is -2.31. The van der Waals surface area contributed by atoms with E-state index in [1.54, 1.807) is 25.1 Å². The number of rotatable bonds is 11. The number of carbonyl (C=O) groups is 2. The fourth-order valence-electron chi connectivity index (χ4n) is 3.20. The van der Waals surface area contributed by atoms with E-state index in [4.69, 9.17) is 11.6 Å². The fraction of sp³-hybridized carbons (Fsp3) is 0.391. The number of unbranched alkanes of at least 4 members (excludes halogenated alkanes) is 1. The Kier molecular flexibility index (Phi) is 10.2. The maximum Gasteiger partial charge on any atom is 0.244 e. The molecule has 1 N–H and O–H groups in total. The number of carbonyl (C=O) groups excluding carboxylic acids is 2. The molecule has 180 valence electrons. The Morgan fingerprint density at radius 1 is 1.15 bits per heavy atom. The first kappa shape index (κ1) is 27.1. The van der Waals surface area contributed by atoms with Gasteiger partial charge in [0.15, 0.2) is 0 Å². The summed E-state index contributed by atoms with van der Waals surface area (Å²) in [6.07, 6.45) is 2.79. The molecule has 0 aliphatic carbocycles. The van der Waals surface area contributed by atoms with Crippen molar-refractivity contribution >= 4 is 55.1 Å². The average Bonchev–Trinajstić information content (AvgIpc) is 2.74. The van der Waals surface area contributed by atoms with E-state index < -0.39 is 28.5 Å². The number of benzene rings is 2. The third-order valence-electron chi connectivity index (χ3n) is 5.01. The van der Waals surface area contributed by atoms with Crippen molar-refractivity contribution in [2.45, 2.75) is 39.3 Å². The first-order chi connectivity index (χ1) is 15.5. The van der Waals surface area contributed by atoms with Crippen molar-refractivity contribution in [1.82, 2.24) is 10.2 Å². The van der Waals surface area contributed by atoms with Gasteiger partial charge < -0.3 is 10.2 Å². The first-order valence-corrected chi connectivity index (χ1v) is 13.6. The summed E-state index contributed by atoms with van der Waals surface area (Å²) in [6.45, 7) is 3.86. The maximum atomic E-state index is 13.4. The molecule has 0 radical (unpaired) electrons. The van der Waals surface area contributed by atoms with Crippen molar-refractivity contribution in [2.24, 2.45) is 0 Å². The van der Waals surface area contributed by atoms with Crippen LogP contribution < -0.4 is 9.62 Å². The molecule has 0 saturated carbocycles. The van der Waals surface area contributed by atoms with Gasteiger partial charge in [-0.25, -0.2) is 8.42 Å². The van der Waals surface area contributed by atoms with Gasteiger partial charge in [-0.3, -0.25) is 13.9 Å². The van der Waals surface area contributed by atoms with E-state index in [0.29, 0.717) is 11.6 Å². The van der Waals surface area contributed by atoms with Crippen LogP contribution in [-0.2, 0) is 26.2 Å². The summed E-state index contributed by atoms with van der Waals surface area (Å²) >= 11 is 9.46. The molecule has 7 nitrogen and oxygen atoms in total. The molecule has 0 fully saturated rings. The van der Waals surface area contributed by atoms with Crippen LogP contribution in [0.1, 0.15) is 32.3 Å². The smallest absolute Gasteiger partial charge is 0.244 e. The van der Waals surface area contributed by atoms with Crippen LogP contribution in [0.15, 0.2) is 53.0 Å². The zero-order valence-corrected chi connectivity index (χ0v) is 22.1. The molecule has 2 rings (SSSR count). The number of nitrogens with zero attached hydrogens (tertiary/aromatic N) is 2. The second-order valence-electron chi connectivity index (χ2n) is 7.72. The molecule has 2 aromatic rings. The highest BCUT2D eigenvalue weighted by molar-refractivity contribution is 9.10. The van der Waals surface area contributed by atoms with Gasteiger partial charge in [-0.1, -0.05) is 59.1 Å². The van der Waals surface area contributed by atoms with Gasteiger partial charge in [0.2, 0.25) is 21.8 Å². The molecule has 0 aliphatic heterocycles. The highest BCUT2D eigenvalue weighted by Crippen LogP contribution is 2.23. The molecular weight excluding hydrogens is 530 g/mol. The number of hydrogen-bond donors (Lipinski definition) is 1. The SMILES string of the molecule is CCCCNC(=O)[C@@H](C)N(Cc1cccc(Br)c1)C(=O)CN(c1cccc(Cl)c1)S(C)(=O)=O. The number of halogens is 2. The number of nitrogens with one attached hydrogen (secondary N) is 1. The minimum atomic E-state index is -3.79. The van der Waals surface area contributed by atoms with Gasteiger partial charge in [-0.05, 0) is 49.2 Å². The number of anilines is 1. The van der Waals surface area contributed by atoms with Gasteiger partial charge in [0, 0.05) is 22.6 Å². The Bertz CT molecular complexity index is 1080. The normalized spacial score (nSPS) is 12.2. The Morgan fingerprint density at radius 3 is 2.45 bits per heavy atom. The number of hydrogen-bond acceptors (Lipinski definition) is 4. The largest absolute Gasteiger partial charge is 0.354 e. The molecule has 0 spiro atoms. The molecule has 0 aliphatic rings. The quantitative estimate of drug-likeness (QED) is 0.419. The Hall–Kier alpha value is -2.10. The van der Waals surface area contributed by atoms with Crippen molar-refractivity contribution < 1.29 is 18.0 Å². The summed E-state index contributed by atoms with van der Waals surface area (Å²) in [6, 6.07) is 12.9. The van der Waals surface area contributed by atoms with Gasteiger partial charge in [-0.15, -0.1) is 0 Å². The fourth-order valence-corrected chi connectivity index (χ4v) is 4.67. The van der Waals surface area contributed by atoms with Crippen LogP contribution in [0, 0.1) is 0 Å². The lowest BCUT2D eigenvalue weighted by molar-refractivity contribution is -0.139. The Morgan fingerprint density at radius 2 is 1.85 bits per heavy atom. The molecule has 10 heteroatoms. The first-order valence-electron chi connectivity index (χ1n) is 10.6. The van der Waals surface area contributed by atoms with Crippen molar-refractivity contribution in [1.29, 1.82) is 0 Å². The number of amides is 2. The predicted molar refractivity (Wildman–Crippen MR) is 136 cm³/mol. The second kappa shape index (κ2) is 12.4. The third kappa shape index (κ3) is 8.32. The van der Waals surface area contributed by atoms with Crippen LogP contribution in [0.2, 0.25) is 5.02 Å². The summed E-state index contributed by atoms with van der Waals surface area (Å²) in [5.41, 5.74) is 1.08. The van der Waals surface area contributed by atoms with E-state index >= 15 is 0 Å². The molecule has 1 atom stereocenters. The lowest BCUT2D eigenvalue weighted by Crippen LogP contribution is -2.51. The molecule has 2 aromatic carbocycles. The minimum absolute atomic E-state index is 0.147. The van der Waals surface area contributed by atoms with Crippen molar-refractivity contribution in [3.8, 4) is 0 Å². The second-order valence-corrected chi connectivity index (χ2v) is 11.0. The minimum Gasteiger partial charge on any atom is -0.354 e. The van der Waals surface area contributed by atoms with Crippen LogP contribution >= 0.6 is 27.5 Å². The molecule has 0 unspecified atom stereocenters. The van der Waals surface area contributed by atoms with Gasteiger partial charge >= 0.3 is 0 Å². The van der Waals surface area contributed by atoms with Crippen LogP contribution in [0.4, 0.5) is 5.69 Å². The van der Waals surface area contributed by atoms with Crippen LogP contribution in [0.5, 0.6) is 0 Å². The molecule has 0 heterocycles. The summed E-state index contributed by atoms with van der Waals surface area (Å²) < 4.78 is 26.9. The van der Waals surface area contributed by atoms with E-state index in [-0.39, 0.29) is 18.1 Å². The third-order valence-corrected chi connectivity index (χ3v) is 6.88. The van der Waals surface area contributed by atoms with E-state index in [2.05, 4.69) is 21.2 Å². The highest BCUT2D eigenvalue weighted by atomic mass is 79.9. The van der Waals surface area contributed by atoms with Crippen molar-refractivity contribution in [3.05, 3.63) is 63.6 Å². The monoisotopic (exact) mass is 557 g/mol. The summed E-state index contributed by atoms with van der Waals surface area (Å²) in [5.74, 6) is -0.793. The summed E-state index contributed by atoms with van der Waals surface area (Å²) in [5, 5.41) is 3.20. The number of sulfonamides is 1. The topological polar surface area (TPSA) is 86.8 Å². The lowest BCUT2D eigenvalue weighted by atomic mass is 10.1. The van der Waals surface area contributed by atoms with Gasteiger partial charge in [0.1, 0.15) is 12.6 Å². The van der Waals surface area contributed by atoms with Crippen LogP contribution in [0.3, 0.4) is 0 Å². The van der Waals surface area contributed by atoms with E-state index in [9.17, 15) is 18.0 Å². The van der Waals surface area contributed by atoms with Gasteiger partial charge in [0.05, 0.1) is 11.9 Å². The zero-order valence-electron chi connectivity index (χ0n) is 18.9. The van der Waals surface area contributed by atoms with E-state index in [1.165, 1.54) is 11.0 Å². The average molecular weight is 559 g/mol. The van der Waals surface area contributed by atoms with Crippen LogP contribution in [0.25, 0.3) is 0 Å². The van der Waals surface area contributed by atoms with E-state index in [1.807, 2.05) is 31.2 Å². The molecular formula is C23H29BrClN3O4S. The van der Waals surface area contributed by atoms with E-state index in [0.717, 1.165) is 33.4 Å². The molecule has 2 amide bonds. The van der Waals surface area contributed by atoms with Gasteiger partial charge in [0.25, 0.3) is 0 Å². The van der Waals surface area contributed by atoms with Crippen LogP contribution in [-0.4, -0.2) is 50.5 Å². The molecule has 0 aromatic heterocycles. The van der Waals surface area contributed by atoms with Gasteiger partial charge in [-0.2, -0.15) is 0 Å². The summed E-state index contributed by atoms with van der Waals surface area (Å²) in [4.78, 5) is 27.6. The maximum absolute atomic E-state index is 13.4. The predicted octanol–water partition coefficient (Wildman–Crippen LogP) is 4.20. The zero-order chi connectivity index (χ0) is 24.6. The van der Waals surface area contributed by atoms with Crippen molar-refractivity contribution in [2.75, 3.05) is 23.7 Å². The summed E-state index contributed by atoms with van der Waals surface area (Å²) in [7, 11) is -3.79. The highest BCUT2D eigenvalue weighted by Gasteiger charge is 2.30. The standard InChI is InChI=1S/C23H29BrClN3O4S/c1-4-5-12-26-23(30)17(2)27(15-18-8-6-9-19(24)13-18)22(29)16-28(33(3,31)32)21-11-7-10-20(25)14-21/h6-11,13-14,17H,4-5,12,15-16H2,1-3H3,(H,26,30)/t17-/m1/s1. The molecule has 0 bridgehead atoms.